The van der Waals surface area contributed by atoms with Crippen LogP contribution in [-0.2, 0) is 14.8 Å². The van der Waals surface area contributed by atoms with Crippen molar-refractivity contribution in [1.29, 1.82) is 5.26 Å². The predicted molar refractivity (Wildman–Crippen MR) is 69.9 cm³/mol. The van der Waals surface area contributed by atoms with Gasteiger partial charge in [-0.1, -0.05) is 6.07 Å². The van der Waals surface area contributed by atoms with Gasteiger partial charge in [-0.15, -0.1) is 0 Å². The minimum atomic E-state index is -3.56. The Labute approximate surface area is 113 Å². The molecule has 5 nitrogen and oxygen atoms in total. The van der Waals surface area contributed by atoms with E-state index in [-0.39, 0.29) is 4.90 Å². The molecule has 1 heterocycles. The second-order valence-corrected chi connectivity index (χ2v) is 7.02. The van der Waals surface area contributed by atoms with Crippen molar-refractivity contribution in [3.63, 3.8) is 0 Å². The van der Waals surface area contributed by atoms with Gasteiger partial charge >= 0.3 is 0 Å². The van der Waals surface area contributed by atoms with Crippen LogP contribution in [0.1, 0.15) is 19.4 Å². The van der Waals surface area contributed by atoms with Crippen molar-refractivity contribution in [3.8, 4) is 6.07 Å². The Morgan fingerprint density at radius 3 is 2.79 bits per heavy atom. The Morgan fingerprint density at radius 2 is 2.16 bits per heavy atom. The van der Waals surface area contributed by atoms with Crippen LogP contribution in [0.5, 0.6) is 0 Å². The number of hydrogen-bond donors (Lipinski definition) is 0. The highest BCUT2D eigenvalue weighted by Crippen LogP contribution is 2.23. The summed E-state index contributed by atoms with van der Waals surface area (Å²) in [7, 11) is -3.56. The number of benzene rings is 1. The first kappa shape index (κ1) is 14.0. The van der Waals surface area contributed by atoms with E-state index in [2.05, 4.69) is 0 Å². The summed E-state index contributed by atoms with van der Waals surface area (Å²) in [5.41, 5.74) is -0.147. The van der Waals surface area contributed by atoms with Crippen molar-refractivity contribution in [2.75, 3.05) is 19.7 Å². The number of morpholine rings is 1. The number of nitriles is 1. The molecule has 1 aliphatic heterocycles. The average Bonchev–Trinajstić information content (AvgIpc) is 2.37. The van der Waals surface area contributed by atoms with Crippen LogP contribution in [0.15, 0.2) is 29.2 Å². The van der Waals surface area contributed by atoms with Crippen LogP contribution in [0.3, 0.4) is 0 Å². The van der Waals surface area contributed by atoms with E-state index < -0.39 is 15.6 Å². The van der Waals surface area contributed by atoms with Crippen LogP contribution in [0.4, 0.5) is 0 Å². The lowest BCUT2D eigenvalue weighted by Gasteiger charge is -2.37. The number of ether oxygens (including phenoxy) is 1. The monoisotopic (exact) mass is 280 g/mol. The SMILES string of the molecule is CC1(C)CN(S(=O)(=O)c2cccc(C#N)c2)CCO1. The zero-order valence-electron chi connectivity index (χ0n) is 11.0. The zero-order valence-corrected chi connectivity index (χ0v) is 11.8. The number of nitrogens with zero attached hydrogens (tertiary/aromatic N) is 2. The third-order valence-corrected chi connectivity index (χ3v) is 4.83. The van der Waals surface area contributed by atoms with Crippen LogP contribution >= 0.6 is 0 Å². The maximum absolute atomic E-state index is 12.5. The summed E-state index contributed by atoms with van der Waals surface area (Å²) in [6, 6.07) is 8.03. The molecule has 1 aliphatic rings. The molecular formula is C13H16N2O3S. The molecule has 19 heavy (non-hydrogen) atoms. The maximum Gasteiger partial charge on any atom is 0.243 e. The maximum atomic E-state index is 12.5. The van der Waals surface area contributed by atoms with Gasteiger partial charge in [-0.3, -0.25) is 0 Å². The summed E-state index contributed by atoms with van der Waals surface area (Å²) in [6.45, 7) is 4.75. The number of hydrogen-bond acceptors (Lipinski definition) is 4. The minimum absolute atomic E-state index is 0.157. The fourth-order valence-electron chi connectivity index (χ4n) is 2.05. The molecule has 0 unspecified atom stereocenters. The summed E-state index contributed by atoms with van der Waals surface area (Å²) in [5.74, 6) is 0. The molecule has 6 heteroatoms. The van der Waals surface area contributed by atoms with Gasteiger partial charge < -0.3 is 4.74 Å². The average molecular weight is 280 g/mol. The van der Waals surface area contributed by atoms with E-state index in [0.717, 1.165) is 0 Å². The van der Waals surface area contributed by atoms with Crippen LogP contribution < -0.4 is 0 Å². The summed E-state index contributed by atoms with van der Waals surface area (Å²) in [4.78, 5) is 0.157. The highest BCUT2D eigenvalue weighted by Gasteiger charge is 2.34. The van der Waals surface area contributed by atoms with E-state index in [1.54, 1.807) is 12.1 Å². The largest absolute Gasteiger partial charge is 0.373 e. The molecule has 2 rings (SSSR count). The molecule has 0 N–H and O–H groups in total. The summed E-state index contributed by atoms with van der Waals surface area (Å²) in [6.07, 6.45) is 0. The first-order valence-corrected chi connectivity index (χ1v) is 7.43. The Hall–Kier alpha value is -1.42. The van der Waals surface area contributed by atoms with Crippen LogP contribution in [0, 0.1) is 11.3 Å². The molecule has 0 spiro atoms. The Morgan fingerprint density at radius 1 is 1.42 bits per heavy atom. The molecule has 102 valence electrons. The van der Waals surface area contributed by atoms with Crippen LogP contribution in [0.25, 0.3) is 0 Å². The first-order valence-electron chi connectivity index (χ1n) is 5.99. The van der Waals surface area contributed by atoms with Gasteiger partial charge in [0.15, 0.2) is 0 Å². The molecule has 1 fully saturated rings. The topological polar surface area (TPSA) is 70.4 Å². The smallest absolute Gasteiger partial charge is 0.243 e. The lowest BCUT2D eigenvalue weighted by molar-refractivity contribution is -0.0640. The Balaban J connectivity index is 2.34. The van der Waals surface area contributed by atoms with Gasteiger partial charge in [0.05, 0.1) is 28.7 Å². The fourth-order valence-corrected chi connectivity index (χ4v) is 3.67. The molecule has 0 aromatic heterocycles. The van der Waals surface area contributed by atoms with Crippen molar-refractivity contribution in [2.24, 2.45) is 0 Å². The van der Waals surface area contributed by atoms with Gasteiger partial charge in [0.25, 0.3) is 0 Å². The third-order valence-electron chi connectivity index (χ3n) is 2.99. The van der Waals surface area contributed by atoms with E-state index in [1.165, 1.54) is 16.4 Å². The highest BCUT2D eigenvalue weighted by atomic mass is 32.2. The lowest BCUT2D eigenvalue weighted by Crippen LogP contribution is -2.50. The fraction of sp³-hybridized carbons (Fsp3) is 0.462. The molecule has 0 aliphatic carbocycles. The van der Waals surface area contributed by atoms with Crippen molar-refractivity contribution >= 4 is 10.0 Å². The van der Waals surface area contributed by atoms with Crippen LogP contribution in [0.2, 0.25) is 0 Å². The number of rotatable bonds is 2. The van der Waals surface area contributed by atoms with E-state index in [0.29, 0.717) is 25.3 Å². The van der Waals surface area contributed by atoms with Gasteiger partial charge in [0.1, 0.15) is 0 Å². The van der Waals surface area contributed by atoms with E-state index >= 15 is 0 Å². The summed E-state index contributed by atoms with van der Waals surface area (Å²) in [5, 5.41) is 8.84. The normalized spacial score (nSPS) is 19.8. The predicted octanol–water partition coefficient (Wildman–Crippen LogP) is 1.36. The molecule has 1 saturated heterocycles. The standard InChI is InChI=1S/C13H16N2O3S/c1-13(2)10-15(6-7-18-13)19(16,17)12-5-3-4-11(8-12)9-14/h3-5,8H,6-7,10H2,1-2H3. The van der Waals surface area contributed by atoms with E-state index in [9.17, 15) is 8.42 Å². The second-order valence-electron chi connectivity index (χ2n) is 5.09. The van der Waals surface area contributed by atoms with Gasteiger partial charge in [0.2, 0.25) is 10.0 Å². The second kappa shape index (κ2) is 4.93. The van der Waals surface area contributed by atoms with Gasteiger partial charge in [-0.2, -0.15) is 9.57 Å². The van der Waals surface area contributed by atoms with E-state index in [1.807, 2.05) is 19.9 Å². The minimum Gasteiger partial charge on any atom is -0.373 e. The van der Waals surface area contributed by atoms with Crippen molar-refractivity contribution in [2.45, 2.75) is 24.3 Å². The summed E-state index contributed by atoms with van der Waals surface area (Å²) >= 11 is 0. The van der Waals surface area contributed by atoms with Crippen molar-refractivity contribution < 1.29 is 13.2 Å². The Bertz CT molecular complexity index is 617. The van der Waals surface area contributed by atoms with Crippen molar-refractivity contribution in [1.82, 2.24) is 4.31 Å². The molecule has 0 radical (unpaired) electrons. The molecule has 0 bridgehead atoms. The number of sulfonamides is 1. The molecule has 1 aromatic carbocycles. The Kier molecular flexibility index (Phi) is 3.63. The molecule has 0 amide bonds. The van der Waals surface area contributed by atoms with Gasteiger partial charge in [0, 0.05) is 13.1 Å². The first-order chi connectivity index (χ1) is 8.85. The van der Waals surface area contributed by atoms with Crippen molar-refractivity contribution in [3.05, 3.63) is 29.8 Å². The quantitative estimate of drug-likeness (QED) is 0.820. The van der Waals surface area contributed by atoms with Gasteiger partial charge in [-0.05, 0) is 32.0 Å². The molecule has 1 aromatic rings. The lowest BCUT2D eigenvalue weighted by atomic mass is 10.1. The highest BCUT2D eigenvalue weighted by molar-refractivity contribution is 7.89. The molecule has 0 atom stereocenters. The molecule has 0 saturated carbocycles. The zero-order chi connectivity index (χ0) is 14.1. The van der Waals surface area contributed by atoms with Gasteiger partial charge in [-0.25, -0.2) is 8.42 Å². The third kappa shape index (κ3) is 2.95. The summed E-state index contributed by atoms with van der Waals surface area (Å²) < 4.78 is 31.9. The molecular weight excluding hydrogens is 264 g/mol. The van der Waals surface area contributed by atoms with Crippen LogP contribution in [-0.4, -0.2) is 38.0 Å². The van der Waals surface area contributed by atoms with E-state index in [4.69, 9.17) is 10.00 Å².